The van der Waals surface area contributed by atoms with Gasteiger partial charge in [0, 0.05) is 13.6 Å². The summed E-state index contributed by atoms with van der Waals surface area (Å²) in [5.74, 6) is -0.297. The van der Waals surface area contributed by atoms with E-state index in [4.69, 9.17) is 10.5 Å². The Morgan fingerprint density at radius 2 is 2.28 bits per heavy atom. The highest BCUT2D eigenvalue weighted by Crippen LogP contribution is 2.31. The molecule has 0 atom stereocenters. The van der Waals surface area contributed by atoms with Crippen LogP contribution in [-0.4, -0.2) is 43.5 Å². The number of amides is 2. The molecule has 6 nitrogen and oxygen atoms in total. The van der Waals surface area contributed by atoms with Gasteiger partial charge in [0.2, 0.25) is 5.91 Å². The molecule has 1 aliphatic rings. The third-order valence-electron chi connectivity index (χ3n) is 2.65. The Labute approximate surface area is 105 Å². The van der Waals surface area contributed by atoms with Crippen molar-refractivity contribution in [1.29, 1.82) is 0 Å². The molecule has 6 heteroatoms. The normalized spacial score (nSPS) is 12.9. The van der Waals surface area contributed by atoms with E-state index in [1.165, 1.54) is 11.9 Å². The van der Waals surface area contributed by atoms with Gasteiger partial charge in [-0.05, 0) is 12.1 Å². The molecule has 1 aliphatic heterocycles. The minimum absolute atomic E-state index is 0.115. The lowest BCUT2D eigenvalue weighted by Gasteiger charge is -2.23. The first-order valence-electron chi connectivity index (χ1n) is 5.63. The predicted octanol–water partition coefficient (Wildman–Crippen LogP) is 0.0482. The lowest BCUT2D eigenvalue weighted by atomic mass is 10.1. The number of primary amides is 1. The molecule has 0 spiro atoms. The molecule has 1 aromatic rings. The molecular weight excluding hydrogens is 234 g/mol. The van der Waals surface area contributed by atoms with Crippen LogP contribution in [-0.2, 0) is 4.79 Å². The molecule has 0 saturated carbocycles. The second-order valence-electron chi connectivity index (χ2n) is 4.09. The predicted molar refractivity (Wildman–Crippen MR) is 66.6 cm³/mol. The van der Waals surface area contributed by atoms with Gasteiger partial charge < -0.3 is 20.7 Å². The summed E-state index contributed by atoms with van der Waals surface area (Å²) in [5.41, 5.74) is 6.30. The highest BCUT2D eigenvalue weighted by atomic mass is 16.5. The van der Waals surface area contributed by atoms with Crippen LogP contribution >= 0.6 is 0 Å². The van der Waals surface area contributed by atoms with Gasteiger partial charge in [-0.3, -0.25) is 9.59 Å². The second-order valence-corrected chi connectivity index (χ2v) is 4.09. The number of para-hydroxylation sites is 1. The van der Waals surface area contributed by atoms with Crippen molar-refractivity contribution in [2.75, 3.05) is 32.1 Å². The molecule has 0 saturated heterocycles. The van der Waals surface area contributed by atoms with Crippen molar-refractivity contribution in [3.05, 3.63) is 23.8 Å². The first-order chi connectivity index (χ1) is 8.59. The van der Waals surface area contributed by atoms with E-state index in [2.05, 4.69) is 5.32 Å². The van der Waals surface area contributed by atoms with Crippen LogP contribution < -0.4 is 15.8 Å². The Bertz CT molecular complexity index is 487. The number of carbonyl (C=O) groups excluding carboxylic acids is 2. The number of hydrogen-bond acceptors (Lipinski definition) is 4. The van der Waals surface area contributed by atoms with E-state index in [0.29, 0.717) is 24.5 Å². The number of anilines is 1. The minimum Gasteiger partial charge on any atom is -0.489 e. The van der Waals surface area contributed by atoms with Gasteiger partial charge in [0.1, 0.15) is 6.61 Å². The Hall–Kier alpha value is -2.24. The summed E-state index contributed by atoms with van der Waals surface area (Å²) < 4.78 is 5.50. The van der Waals surface area contributed by atoms with Crippen LogP contribution in [0.4, 0.5) is 5.69 Å². The summed E-state index contributed by atoms with van der Waals surface area (Å²) in [6, 6.07) is 5.29. The van der Waals surface area contributed by atoms with Crippen molar-refractivity contribution < 1.29 is 14.3 Å². The highest BCUT2D eigenvalue weighted by Gasteiger charge is 2.22. The smallest absolute Gasteiger partial charge is 0.257 e. The van der Waals surface area contributed by atoms with Crippen molar-refractivity contribution in [1.82, 2.24) is 4.90 Å². The van der Waals surface area contributed by atoms with Gasteiger partial charge in [0.15, 0.2) is 5.75 Å². The zero-order valence-electron chi connectivity index (χ0n) is 10.1. The molecular formula is C12H15N3O3. The minimum atomic E-state index is -0.547. The first-order valence-corrected chi connectivity index (χ1v) is 5.63. The molecule has 2 amide bonds. The molecule has 1 heterocycles. The van der Waals surface area contributed by atoms with E-state index >= 15 is 0 Å². The molecule has 0 aliphatic carbocycles. The average Bonchev–Trinajstić information content (AvgIpc) is 2.36. The Morgan fingerprint density at radius 1 is 1.50 bits per heavy atom. The third kappa shape index (κ3) is 2.37. The second kappa shape index (κ2) is 4.95. The number of rotatable bonds is 3. The molecule has 0 fully saturated rings. The van der Waals surface area contributed by atoms with Gasteiger partial charge in [0.25, 0.3) is 5.91 Å². The quantitative estimate of drug-likeness (QED) is 0.792. The molecule has 96 valence electrons. The van der Waals surface area contributed by atoms with Crippen LogP contribution in [0.2, 0.25) is 0 Å². The fourth-order valence-electron chi connectivity index (χ4n) is 1.85. The monoisotopic (exact) mass is 249 g/mol. The van der Waals surface area contributed by atoms with Gasteiger partial charge in [-0.15, -0.1) is 0 Å². The molecule has 0 unspecified atom stereocenters. The van der Waals surface area contributed by atoms with E-state index in [1.807, 2.05) is 6.07 Å². The average molecular weight is 249 g/mol. The third-order valence-corrected chi connectivity index (χ3v) is 2.65. The van der Waals surface area contributed by atoms with Crippen molar-refractivity contribution in [3.63, 3.8) is 0 Å². The maximum absolute atomic E-state index is 12.2. The maximum Gasteiger partial charge on any atom is 0.257 e. The van der Waals surface area contributed by atoms with Gasteiger partial charge in [-0.2, -0.15) is 0 Å². The Balaban J connectivity index is 2.27. The Kier molecular flexibility index (Phi) is 3.36. The number of nitrogens with zero attached hydrogens (tertiary/aromatic N) is 1. The van der Waals surface area contributed by atoms with Crippen LogP contribution in [0.25, 0.3) is 0 Å². The number of carbonyl (C=O) groups is 2. The zero-order chi connectivity index (χ0) is 13.1. The number of hydrogen-bond donors (Lipinski definition) is 2. The fourth-order valence-corrected chi connectivity index (χ4v) is 1.85. The number of nitrogens with one attached hydrogen (secondary N) is 1. The van der Waals surface area contributed by atoms with E-state index in [-0.39, 0.29) is 12.5 Å². The van der Waals surface area contributed by atoms with Gasteiger partial charge in [-0.25, -0.2) is 0 Å². The summed E-state index contributed by atoms with van der Waals surface area (Å²) >= 11 is 0. The Morgan fingerprint density at radius 3 is 3.00 bits per heavy atom. The van der Waals surface area contributed by atoms with Crippen LogP contribution in [0.3, 0.4) is 0 Å². The summed E-state index contributed by atoms with van der Waals surface area (Å²) in [4.78, 5) is 24.3. The number of likely N-dealkylation sites (N-methyl/N-ethyl adjacent to an activating group) is 1. The van der Waals surface area contributed by atoms with Crippen molar-refractivity contribution in [2.45, 2.75) is 0 Å². The standard InChI is InChI=1S/C12H15N3O3/c1-15(7-10(13)16)12(17)8-3-2-4-9-11(8)18-6-5-14-9/h2-4,14H,5-7H2,1H3,(H2,13,16). The topological polar surface area (TPSA) is 84.7 Å². The number of nitrogens with two attached hydrogens (primary N) is 1. The highest BCUT2D eigenvalue weighted by molar-refractivity contribution is 6.00. The molecule has 2 rings (SSSR count). The summed E-state index contributed by atoms with van der Waals surface area (Å²) in [7, 11) is 1.53. The largest absolute Gasteiger partial charge is 0.489 e. The molecule has 0 aromatic heterocycles. The number of fused-ring (bicyclic) bond motifs is 1. The molecule has 18 heavy (non-hydrogen) atoms. The van der Waals surface area contributed by atoms with Gasteiger partial charge in [-0.1, -0.05) is 6.07 Å². The molecule has 1 aromatic carbocycles. The van der Waals surface area contributed by atoms with Crippen molar-refractivity contribution >= 4 is 17.5 Å². The van der Waals surface area contributed by atoms with E-state index < -0.39 is 5.91 Å². The lowest BCUT2D eigenvalue weighted by molar-refractivity contribution is -0.118. The molecule has 0 radical (unpaired) electrons. The van der Waals surface area contributed by atoms with E-state index in [1.54, 1.807) is 12.1 Å². The summed E-state index contributed by atoms with van der Waals surface area (Å²) in [6.45, 7) is 1.11. The van der Waals surface area contributed by atoms with E-state index in [0.717, 1.165) is 5.69 Å². The van der Waals surface area contributed by atoms with Crippen LogP contribution in [0.1, 0.15) is 10.4 Å². The van der Waals surface area contributed by atoms with Crippen molar-refractivity contribution in [2.24, 2.45) is 5.73 Å². The lowest BCUT2D eigenvalue weighted by Crippen LogP contribution is -2.35. The van der Waals surface area contributed by atoms with Gasteiger partial charge >= 0.3 is 0 Å². The number of ether oxygens (including phenoxy) is 1. The summed E-state index contributed by atoms with van der Waals surface area (Å²) in [6.07, 6.45) is 0. The van der Waals surface area contributed by atoms with E-state index in [9.17, 15) is 9.59 Å². The molecule has 3 N–H and O–H groups in total. The number of benzene rings is 1. The molecule has 0 bridgehead atoms. The van der Waals surface area contributed by atoms with Crippen LogP contribution in [0.5, 0.6) is 5.75 Å². The van der Waals surface area contributed by atoms with Gasteiger partial charge in [0.05, 0.1) is 17.8 Å². The maximum atomic E-state index is 12.2. The van der Waals surface area contributed by atoms with Crippen LogP contribution in [0, 0.1) is 0 Å². The fraction of sp³-hybridized carbons (Fsp3) is 0.333. The summed E-state index contributed by atoms with van der Waals surface area (Å²) in [5, 5.41) is 3.15. The van der Waals surface area contributed by atoms with Crippen LogP contribution in [0.15, 0.2) is 18.2 Å². The zero-order valence-corrected chi connectivity index (χ0v) is 10.1. The first kappa shape index (κ1) is 12.2. The van der Waals surface area contributed by atoms with Crippen molar-refractivity contribution in [3.8, 4) is 5.75 Å². The SMILES string of the molecule is CN(CC(N)=O)C(=O)c1cccc2c1OCCN2.